The number of aliphatic hydroxyl groups is 6. The molecule has 15 heteroatoms. The zero-order chi connectivity index (χ0) is 31.6. The predicted molar refractivity (Wildman–Crippen MR) is 143 cm³/mol. The summed E-state index contributed by atoms with van der Waals surface area (Å²) in [7, 11) is 1.38. The minimum Gasteiger partial charge on any atom is -0.507 e. The van der Waals surface area contributed by atoms with Crippen molar-refractivity contribution in [1.29, 1.82) is 0 Å². The average molecular weight is 611 g/mol. The molecule has 0 spiro atoms. The Hall–Kier alpha value is -3.51. The summed E-state index contributed by atoms with van der Waals surface area (Å²) in [6, 6.07) is 6.30. The van der Waals surface area contributed by atoms with E-state index in [-0.39, 0.29) is 17.2 Å². The highest BCUT2D eigenvalue weighted by molar-refractivity contribution is 6.10. The smallest absolute Gasteiger partial charge is 0.229 e. The standard InChI is InChI=1S/C28H34O15/c1-11-21(34)23(36)25(38)27(40-11)43-26-24(37)22(35)19(10-29)42-28(26)41-13-8-16(32)20(17(33)9-13)14(30)5-3-12-4-6-18(39-2)15(31)7-12/h3-9,11,19,21-29,31-38H,10H2,1-2H3/b5-3+/t11-,19+,21-,22+,23+,24-,25+,26+,27-,28+/m0/s1. The second-order valence-corrected chi connectivity index (χ2v) is 10.1. The maximum absolute atomic E-state index is 12.8. The van der Waals surface area contributed by atoms with Crippen molar-refractivity contribution in [2.45, 2.75) is 68.3 Å². The fraction of sp³-hybridized carbons (Fsp3) is 0.464. The van der Waals surface area contributed by atoms with Crippen molar-refractivity contribution >= 4 is 11.9 Å². The molecule has 0 amide bonds. The third-order valence-electron chi connectivity index (χ3n) is 7.12. The molecular formula is C28H34O15. The van der Waals surface area contributed by atoms with Crippen LogP contribution in [0.25, 0.3) is 6.08 Å². The number of ketones is 1. The van der Waals surface area contributed by atoms with Gasteiger partial charge in [-0.05, 0) is 30.7 Å². The molecule has 0 aromatic heterocycles. The highest BCUT2D eigenvalue weighted by atomic mass is 16.8. The Morgan fingerprint density at radius 1 is 0.860 bits per heavy atom. The van der Waals surface area contributed by atoms with Crippen LogP contribution in [0.1, 0.15) is 22.8 Å². The summed E-state index contributed by atoms with van der Waals surface area (Å²) >= 11 is 0. The molecular weight excluding hydrogens is 576 g/mol. The topological polar surface area (TPSA) is 245 Å². The number of methoxy groups -OCH3 is 1. The lowest BCUT2D eigenvalue weighted by Gasteiger charge is -2.45. The second kappa shape index (κ2) is 13.4. The molecule has 9 N–H and O–H groups in total. The average Bonchev–Trinajstić information content (AvgIpc) is 2.96. The number of aliphatic hydroxyl groups excluding tert-OH is 6. The van der Waals surface area contributed by atoms with Gasteiger partial charge in [0.2, 0.25) is 6.29 Å². The minimum atomic E-state index is -1.79. The molecule has 0 bridgehead atoms. The SMILES string of the molecule is COc1ccc(/C=C/C(=O)c2c(O)cc(O[C@@H]3O[C@H](CO)[C@@H](O)[C@H](O)[C@H]3O[C@@H]3O[C@@H](C)[C@H](O)[C@@H](O)[C@H]3O)cc2O)cc1O. The van der Waals surface area contributed by atoms with Crippen LogP contribution in [0.3, 0.4) is 0 Å². The summed E-state index contributed by atoms with van der Waals surface area (Å²) in [5.41, 5.74) is -0.0589. The molecule has 2 aromatic carbocycles. The highest BCUT2D eigenvalue weighted by Crippen LogP contribution is 2.36. The molecule has 43 heavy (non-hydrogen) atoms. The van der Waals surface area contributed by atoms with Gasteiger partial charge >= 0.3 is 0 Å². The van der Waals surface area contributed by atoms with Gasteiger partial charge in [0, 0.05) is 12.1 Å². The first-order valence-corrected chi connectivity index (χ1v) is 13.2. The van der Waals surface area contributed by atoms with Gasteiger partial charge in [-0.1, -0.05) is 12.1 Å². The molecule has 236 valence electrons. The van der Waals surface area contributed by atoms with Crippen molar-refractivity contribution in [2.24, 2.45) is 0 Å². The molecule has 4 rings (SSSR count). The fourth-order valence-electron chi connectivity index (χ4n) is 4.68. The summed E-state index contributed by atoms with van der Waals surface area (Å²) in [5, 5.41) is 92.2. The second-order valence-electron chi connectivity index (χ2n) is 10.1. The van der Waals surface area contributed by atoms with Crippen molar-refractivity contribution in [3.05, 3.63) is 47.5 Å². The predicted octanol–water partition coefficient (Wildman–Crippen LogP) is -1.26. The molecule has 0 unspecified atom stereocenters. The van der Waals surface area contributed by atoms with E-state index in [9.17, 15) is 50.8 Å². The lowest BCUT2D eigenvalue weighted by atomic mass is 9.97. The van der Waals surface area contributed by atoms with Crippen molar-refractivity contribution < 1.29 is 74.4 Å². The van der Waals surface area contributed by atoms with E-state index in [4.69, 9.17) is 23.7 Å². The van der Waals surface area contributed by atoms with Crippen LogP contribution >= 0.6 is 0 Å². The van der Waals surface area contributed by atoms with Crippen molar-refractivity contribution in [3.8, 4) is 28.7 Å². The van der Waals surface area contributed by atoms with Crippen LogP contribution < -0.4 is 9.47 Å². The monoisotopic (exact) mass is 610 g/mol. The van der Waals surface area contributed by atoms with Gasteiger partial charge in [0.25, 0.3) is 0 Å². The van der Waals surface area contributed by atoms with Crippen LogP contribution in [-0.4, -0.2) is 127 Å². The van der Waals surface area contributed by atoms with E-state index in [1.165, 1.54) is 32.2 Å². The van der Waals surface area contributed by atoms with Gasteiger partial charge in [0.1, 0.15) is 59.4 Å². The van der Waals surface area contributed by atoms with Crippen molar-refractivity contribution in [2.75, 3.05) is 13.7 Å². The number of phenols is 3. The number of ether oxygens (including phenoxy) is 5. The van der Waals surface area contributed by atoms with Gasteiger partial charge in [0.05, 0.1) is 19.8 Å². The molecule has 0 saturated carbocycles. The number of hydrogen-bond acceptors (Lipinski definition) is 15. The Morgan fingerprint density at radius 3 is 2.14 bits per heavy atom. The van der Waals surface area contributed by atoms with Gasteiger partial charge < -0.3 is 69.6 Å². The number of benzene rings is 2. The van der Waals surface area contributed by atoms with Gasteiger partial charge in [0.15, 0.2) is 29.7 Å². The van der Waals surface area contributed by atoms with Crippen LogP contribution in [0.15, 0.2) is 36.4 Å². The van der Waals surface area contributed by atoms with Crippen LogP contribution in [0.4, 0.5) is 0 Å². The Labute approximate surface area is 245 Å². The normalized spacial score (nSPS) is 32.9. The van der Waals surface area contributed by atoms with Crippen molar-refractivity contribution in [3.63, 3.8) is 0 Å². The summed E-state index contributed by atoms with van der Waals surface area (Å²) < 4.78 is 27.2. The lowest BCUT2D eigenvalue weighted by Crippen LogP contribution is -2.64. The first-order valence-electron chi connectivity index (χ1n) is 13.2. The first kappa shape index (κ1) is 32.4. The van der Waals surface area contributed by atoms with E-state index < -0.39 is 90.9 Å². The molecule has 0 aliphatic carbocycles. The van der Waals surface area contributed by atoms with Crippen LogP contribution in [0.5, 0.6) is 28.7 Å². The van der Waals surface area contributed by atoms with E-state index in [0.29, 0.717) is 5.56 Å². The third kappa shape index (κ3) is 6.85. The molecule has 0 radical (unpaired) electrons. The summed E-state index contributed by atoms with van der Waals surface area (Å²) in [6.07, 6.45) is -13.3. The molecule has 15 nitrogen and oxygen atoms in total. The number of carbonyl (C=O) groups is 1. The summed E-state index contributed by atoms with van der Waals surface area (Å²) in [5.74, 6) is -2.43. The molecule has 2 aliphatic heterocycles. The Kier molecular flexibility index (Phi) is 10.1. The molecule has 2 heterocycles. The molecule has 2 aliphatic rings. The number of phenolic OH excluding ortho intramolecular Hbond substituents is 3. The molecule has 2 fully saturated rings. The van der Waals surface area contributed by atoms with E-state index in [0.717, 1.165) is 18.2 Å². The van der Waals surface area contributed by atoms with Crippen LogP contribution in [-0.2, 0) is 14.2 Å². The van der Waals surface area contributed by atoms with E-state index in [2.05, 4.69) is 0 Å². The van der Waals surface area contributed by atoms with E-state index in [1.807, 2.05) is 0 Å². The lowest BCUT2D eigenvalue weighted by molar-refractivity contribution is -0.354. The third-order valence-corrected chi connectivity index (χ3v) is 7.12. The first-order chi connectivity index (χ1) is 20.4. The Morgan fingerprint density at radius 2 is 1.53 bits per heavy atom. The van der Waals surface area contributed by atoms with Gasteiger partial charge in [-0.25, -0.2) is 0 Å². The molecule has 2 aromatic rings. The summed E-state index contributed by atoms with van der Waals surface area (Å²) in [4.78, 5) is 12.8. The summed E-state index contributed by atoms with van der Waals surface area (Å²) in [6.45, 7) is 0.649. The Balaban J connectivity index is 1.55. The minimum absolute atomic E-state index is 0.162. The number of hydrogen-bond donors (Lipinski definition) is 9. The fourth-order valence-corrected chi connectivity index (χ4v) is 4.68. The van der Waals surface area contributed by atoms with E-state index >= 15 is 0 Å². The number of allylic oxidation sites excluding steroid dienone is 1. The highest BCUT2D eigenvalue weighted by Gasteiger charge is 2.51. The zero-order valence-electron chi connectivity index (χ0n) is 23.0. The maximum Gasteiger partial charge on any atom is 0.229 e. The maximum atomic E-state index is 12.8. The molecule has 2 saturated heterocycles. The number of aromatic hydroxyl groups is 3. The Bertz CT molecular complexity index is 1290. The van der Waals surface area contributed by atoms with Gasteiger partial charge in [-0.3, -0.25) is 4.79 Å². The van der Waals surface area contributed by atoms with Gasteiger partial charge in [-0.15, -0.1) is 0 Å². The molecule has 10 atom stereocenters. The van der Waals surface area contributed by atoms with E-state index in [1.54, 1.807) is 6.07 Å². The number of carbonyl (C=O) groups excluding carboxylic acids is 1. The van der Waals surface area contributed by atoms with Crippen LogP contribution in [0, 0.1) is 0 Å². The number of rotatable bonds is 9. The zero-order valence-corrected chi connectivity index (χ0v) is 23.0. The van der Waals surface area contributed by atoms with Gasteiger partial charge in [-0.2, -0.15) is 0 Å². The largest absolute Gasteiger partial charge is 0.507 e. The quantitative estimate of drug-likeness (QED) is 0.119. The van der Waals surface area contributed by atoms with Crippen LogP contribution in [0.2, 0.25) is 0 Å². The van der Waals surface area contributed by atoms with Crippen molar-refractivity contribution in [1.82, 2.24) is 0 Å².